The fourth-order valence-electron chi connectivity index (χ4n) is 4.25. The minimum absolute atomic E-state index is 0.122. The minimum atomic E-state index is 0.122. The lowest BCUT2D eigenvalue weighted by Crippen LogP contribution is -2.22. The van der Waals surface area contributed by atoms with Gasteiger partial charge in [-0.2, -0.15) is 4.98 Å². The summed E-state index contributed by atoms with van der Waals surface area (Å²) in [7, 11) is 1.68. The van der Waals surface area contributed by atoms with Crippen LogP contribution in [0.2, 0.25) is 0 Å². The molecule has 1 aliphatic heterocycles. The van der Waals surface area contributed by atoms with E-state index < -0.39 is 0 Å². The third-order valence-corrected chi connectivity index (χ3v) is 5.79. The van der Waals surface area contributed by atoms with Crippen LogP contribution in [0.3, 0.4) is 0 Å². The first-order valence-electron chi connectivity index (χ1n) is 10.6. The Morgan fingerprint density at radius 3 is 3.13 bits per heavy atom. The molecule has 0 spiro atoms. The molecule has 0 unspecified atom stereocenters. The number of benzene rings is 1. The number of aromatic amines is 1. The van der Waals surface area contributed by atoms with Crippen molar-refractivity contribution in [1.82, 2.24) is 25.0 Å². The van der Waals surface area contributed by atoms with Crippen molar-refractivity contribution in [3.8, 4) is 11.4 Å². The third kappa shape index (κ3) is 4.04. The number of likely N-dealkylation sites (tertiary alicyclic amines) is 1. The Hall–Kier alpha value is -3.23. The second kappa shape index (κ2) is 8.87. The van der Waals surface area contributed by atoms with Crippen LogP contribution < -0.4 is 5.32 Å². The van der Waals surface area contributed by atoms with Gasteiger partial charge in [-0.05, 0) is 43.1 Å². The van der Waals surface area contributed by atoms with Crippen molar-refractivity contribution in [3.63, 3.8) is 0 Å². The standard InChI is InChI=1S/C23H26N6O2/c1-30-13-11-25-21-18(7-4-10-24-21)22-27-23(31-28-22)20-9-5-12-29(20)15-16-14-26-19-8-3-2-6-17(16)19/h2-4,6-8,10,14,20,26H,5,9,11-13,15H2,1H3,(H,24,25)/t20-/m0/s1. The van der Waals surface area contributed by atoms with Crippen LogP contribution in [0.25, 0.3) is 22.3 Å². The van der Waals surface area contributed by atoms with E-state index in [-0.39, 0.29) is 6.04 Å². The maximum Gasteiger partial charge on any atom is 0.244 e. The van der Waals surface area contributed by atoms with Crippen molar-refractivity contribution in [2.75, 3.05) is 32.1 Å². The number of pyridine rings is 1. The number of nitrogens with one attached hydrogen (secondary N) is 2. The van der Waals surface area contributed by atoms with E-state index in [2.05, 4.69) is 55.8 Å². The van der Waals surface area contributed by atoms with Gasteiger partial charge in [0, 0.05) is 43.5 Å². The Bertz CT molecular complexity index is 1150. The number of anilines is 1. The number of methoxy groups -OCH3 is 1. The van der Waals surface area contributed by atoms with Gasteiger partial charge in [0.2, 0.25) is 11.7 Å². The number of ether oxygens (including phenoxy) is 1. The molecule has 1 fully saturated rings. The zero-order valence-corrected chi connectivity index (χ0v) is 17.5. The van der Waals surface area contributed by atoms with Gasteiger partial charge in [-0.15, -0.1) is 0 Å². The fourth-order valence-corrected chi connectivity index (χ4v) is 4.25. The molecule has 8 heteroatoms. The number of H-pyrrole nitrogens is 1. The van der Waals surface area contributed by atoms with Gasteiger partial charge >= 0.3 is 0 Å². The van der Waals surface area contributed by atoms with Crippen molar-refractivity contribution in [2.24, 2.45) is 0 Å². The van der Waals surface area contributed by atoms with E-state index >= 15 is 0 Å². The topological polar surface area (TPSA) is 92.1 Å². The highest BCUT2D eigenvalue weighted by atomic mass is 16.5. The molecule has 1 atom stereocenters. The SMILES string of the molecule is COCCNc1ncccc1-c1noc([C@@H]2CCCN2Cc2c[nH]c3ccccc23)n1. The first kappa shape index (κ1) is 19.7. The number of nitrogens with zero attached hydrogens (tertiary/aromatic N) is 4. The zero-order valence-electron chi connectivity index (χ0n) is 17.5. The van der Waals surface area contributed by atoms with Gasteiger partial charge < -0.3 is 19.6 Å². The summed E-state index contributed by atoms with van der Waals surface area (Å²) in [5.74, 6) is 1.95. The number of rotatable bonds is 8. The highest BCUT2D eigenvalue weighted by molar-refractivity contribution is 5.83. The van der Waals surface area contributed by atoms with Gasteiger partial charge in [0.05, 0.1) is 18.2 Å². The van der Waals surface area contributed by atoms with E-state index in [1.165, 1.54) is 16.5 Å². The normalized spacial score (nSPS) is 16.9. The predicted octanol–water partition coefficient (Wildman–Crippen LogP) is 4.01. The Morgan fingerprint density at radius 1 is 1.26 bits per heavy atom. The molecule has 5 rings (SSSR count). The first-order valence-corrected chi connectivity index (χ1v) is 10.6. The van der Waals surface area contributed by atoms with Crippen LogP contribution in [-0.2, 0) is 11.3 Å². The number of aromatic nitrogens is 4. The molecule has 1 aliphatic rings. The molecular formula is C23H26N6O2. The largest absolute Gasteiger partial charge is 0.383 e. The zero-order chi connectivity index (χ0) is 21.0. The van der Waals surface area contributed by atoms with E-state index in [9.17, 15) is 0 Å². The molecule has 160 valence electrons. The van der Waals surface area contributed by atoms with Crippen molar-refractivity contribution >= 4 is 16.7 Å². The average Bonchev–Trinajstić information content (AvgIpc) is 3.55. The number of para-hydroxylation sites is 1. The Balaban J connectivity index is 1.36. The maximum atomic E-state index is 5.73. The van der Waals surface area contributed by atoms with Crippen molar-refractivity contribution < 1.29 is 9.26 Å². The smallest absolute Gasteiger partial charge is 0.244 e. The predicted molar refractivity (Wildman–Crippen MR) is 119 cm³/mol. The van der Waals surface area contributed by atoms with Crippen LogP contribution in [0.15, 0.2) is 53.3 Å². The molecule has 4 aromatic rings. The van der Waals surface area contributed by atoms with E-state index in [4.69, 9.17) is 14.2 Å². The van der Waals surface area contributed by atoms with Crippen molar-refractivity contribution in [2.45, 2.75) is 25.4 Å². The van der Waals surface area contributed by atoms with Crippen LogP contribution >= 0.6 is 0 Å². The van der Waals surface area contributed by atoms with Crippen molar-refractivity contribution in [3.05, 3.63) is 60.2 Å². The molecule has 31 heavy (non-hydrogen) atoms. The van der Waals surface area contributed by atoms with E-state index in [1.807, 2.05) is 12.1 Å². The summed E-state index contributed by atoms with van der Waals surface area (Å²) >= 11 is 0. The lowest BCUT2D eigenvalue weighted by Gasteiger charge is -2.21. The van der Waals surface area contributed by atoms with Crippen LogP contribution in [-0.4, -0.2) is 51.8 Å². The summed E-state index contributed by atoms with van der Waals surface area (Å²) in [6, 6.07) is 12.4. The van der Waals surface area contributed by atoms with Crippen LogP contribution in [0.5, 0.6) is 0 Å². The lowest BCUT2D eigenvalue weighted by atomic mass is 10.1. The lowest BCUT2D eigenvalue weighted by molar-refractivity contribution is 0.202. The number of fused-ring (bicyclic) bond motifs is 1. The van der Waals surface area contributed by atoms with E-state index in [0.29, 0.717) is 24.9 Å². The maximum absolute atomic E-state index is 5.73. The van der Waals surface area contributed by atoms with Gasteiger partial charge in [0.1, 0.15) is 5.82 Å². The molecule has 1 aromatic carbocycles. The summed E-state index contributed by atoms with van der Waals surface area (Å²) in [6.45, 7) is 3.12. The van der Waals surface area contributed by atoms with E-state index in [0.717, 1.165) is 37.3 Å². The van der Waals surface area contributed by atoms with Crippen LogP contribution in [0.1, 0.15) is 30.3 Å². The van der Waals surface area contributed by atoms with Crippen molar-refractivity contribution in [1.29, 1.82) is 0 Å². The van der Waals surface area contributed by atoms with E-state index in [1.54, 1.807) is 13.3 Å². The number of hydrogen-bond acceptors (Lipinski definition) is 7. The molecule has 4 heterocycles. The molecule has 1 saturated heterocycles. The number of hydrogen-bond donors (Lipinski definition) is 2. The first-order chi connectivity index (χ1) is 15.3. The summed E-state index contributed by atoms with van der Waals surface area (Å²) < 4.78 is 10.8. The second-order valence-corrected chi connectivity index (χ2v) is 7.76. The third-order valence-electron chi connectivity index (χ3n) is 5.79. The monoisotopic (exact) mass is 418 g/mol. The molecular weight excluding hydrogens is 392 g/mol. The van der Waals surface area contributed by atoms with Gasteiger partial charge in [-0.3, -0.25) is 4.90 Å². The highest BCUT2D eigenvalue weighted by Crippen LogP contribution is 2.35. The van der Waals surface area contributed by atoms with Gasteiger partial charge in [-0.25, -0.2) is 4.98 Å². The highest BCUT2D eigenvalue weighted by Gasteiger charge is 2.31. The molecule has 0 aliphatic carbocycles. The Morgan fingerprint density at radius 2 is 2.19 bits per heavy atom. The Kier molecular flexibility index (Phi) is 5.64. The summed E-state index contributed by atoms with van der Waals surface area (Å²) in [6.07, 6.45) is 5.98. The quantitative estimate of drug-likeness (QED) is 0.418. The van der Waals surface area contributed by atoms with Crippen LogP contribution in [0.4, 0.5) is 5.82 Å². The second-order valence-electron chi connectivity index (χ2n) is 7.76. The summed E-state index contributed by atoms with van der Waals surface area (Å²) in [5.41, 5.74) is 3.28. The molecule has 0 bridgehead atoms. The molecule has 2 N–H and O–H groups in total. The molecule has 0 saturated carbocycles. The minimum Gasteiger partial charge on any atom is -0.383 e. The molecule has 8 nitrogen and oxygen atoms in total. The summed E-state index contributed by atoms with van der Waals surface area (Å²) in [5, 5.41) is 8.81. The van der Waals surface area contributed by atoms with Gasteiger partial charge in [0.25, 0.3) is 0 Å². The average molecular weight is 419 g/mol. The molecule has 0 amide bonds. The Labute approximate surface area is 180 Å². The van der Waals surface area contributed by atoms with Gasteiger partial charge in [-0.1, -0.05) is 23.4 Å². The molecule has 0 radical (unpaired) electrons. The molecule has 3 aromatic heterocycles. The van der Waals surface area contributed by atoms with Gasteiger partial charge in [0.15, 0.2) is 0 Å². The fraction of sp³-hybridized carbons (Fsp3) is 0.348. The summed E-state index contributed by atoms with van der Waals surface area (Å²) in [4.78, 5) is 15.0. The van der Waals surface area contributed by atoms with Crippen LogP contribution in [0, 0.1) is 0 Å².